The molecule has 0 bridgehead atoms. The second-order valence-corrected chi connectivity index (χ2v) is 3.69. The van der Waals surface area contributed by atoms with Crippen LogP contribution in [0.4, 0.5) is 4.79 Å². The van der Waals surface area contributed by atoms with E-state index >= 15 is 0 Å². The summed E-state index contributed by atoms with van der Waals surface area (Å²) in [6.07, 6.45) is 0.672. The summed E-state index contributed by atoms with van der Waals surface area (Å²) < 4.78 is 4.99. The second kappa shape index (κ2) is 5.01. The molecule has 0 saturated carbocycles. The molecule has 0 spiro atoms. The highest BCUT2D eigenvalue weighted by atomic mass is 16.5. The molecule has 16 heavy (non-hydrogen) atoms. The first kappa shape index (κ1) is 12.5. The Morgan fingerprint density at radius 1 is 1.50 bits per heavy atom. The summed E-state index contributed by atoms with van der Waals surface area (Å²) in [4.78, 5) is 24.7. The number of nitrogens with one attached hydrogen (secondary N) is 1. The molecule has 0 saturated heterocycles. The molecule has 0 radical (unpaired) electrons. The molecule has 1 N–H and O–H groups in total. The summed E-state index contributed by atoms with van der Waals surface area (Å²) in [5.41, 5.74) is 1.21. The summed E-state index contributed by atoms with van der Waals surface area (Å²) in [6, 6.07) is -0.430. The van der Waals surface area contributed by atoms with Crippen LogP contribution in [0, 0.1) is 0 Å². The van der Waals surface area contributed by atoms with E-state index in [2.05, 4.69) is 5.32 Å². The van der Waals surface area contributed by atoms with E-state index in [9.17, 15) is 9.59 Å². The molecule has 1 aliphatic heterocycles. The zero-order chi connectivity index (χ0) is 12.3. The molecule has 0 aromatic rings. The molecule has 0 aromatic carbocycles. The molecule has 1 unspecified atom stereocenters. The molecule has 0 aromatic heterocycles. The van der Waals surface area contributed by atoms with Crippen LogP contribution < -0.4 is 5.32 Å². The van der Waals surface area contributed by atoms with Gasteiger partial charge in [0.1, 0.15) is 0 Å². The molecule has 5 nitrogen and oxygen atoms in total. The first-order valence-corrected chi connectivity index (χ1v) is 5.45. The van der Waals surface area contributed by atoms with Gasteiger partial charge in [-0.3, -0.25) is 0 Å². The Hall–Kier alpha value is -1.52. The summed E-state index contributed by atoms with van der Waals surface area (Å²) in [6.45, 7) is 5.78. The van der Waals surface area contributed by atoms with Crippen LogP contribution in [0.3, 0.4) is 0 Å². The maximum Gasteiger partial charge on any atom is 0.337 e. The number of hydrogen-bond acceptors (Lipinski definition) is 3. The van der Waals surface area contributed by atoms with Gasteiger partial charge in [-0.05, 0) is 20.3 Å². The van der Waals surface area contributed by atoms with Gasteiger partial charge in [0, 0.05) is 12.7 Å². The number of allylic oxidation sites excluding steroid dienone is 1. The lowest BCUT2D eigenvalue weighted by Gasteiger charge is -2.32. The quantitative estimate of drug-likeness (QED) is 0.737. The van der Waals surface area contributed by atoms with Crippen molar-refractivity contribution in [1.29, 1.82) is 0 Å². The van der Waals surface area contributed by atoms with Gasteiger partial charge in [-0.15, -0.1) is 0 Å². The molecule has 1 aliphatic rings. The van der Waals surface area contributed by atoms with Crippen molar-refractivity contribution in [3.05, 3.63) is 11.3 Å². The van der Waals surface area contributed by atoms with Gasteiger partial charge in [0.25, 0.3) is 0 Å². The van der Waals surface area contributed by atoms with Crippen LogP contribution in [0.15, 0.2) is 11.3 Å². The molecular formula is C11H18N2O3. The van der Waals surface area contributed by atoms with E-state index in [0.29, 0.717) is 24.3 Å². The minimum absolute atomic E-state index is 0.183. The molecule has 1 heterocycles. The fraction of sp³-hybridized carbons (Fsp3) is 0.636. The molecular weight excluding hydrogens is 208 g/mol. The third-order valence-corrected chi connectivity index (χ3v) is 2.75. The van der Waals surface area contributed by atoms with E-state index in [0.717, 1.165) is 0 Å². The zero-order valence-corrected chi connectivity index (χ0v) is 10.2. The van der Waals surface area contributed by atoms with Gasteiger partial charge in [-0.2, -0.15) is 0 Å². The number of carbonyl (C=O) groups excluding carboxylic acids is 2. The summed E-state index contributed by atoms with van der Waals surface area (Å²) >= 11 is 0. The Morgan fingerprint density at radius 2 is 2.12 bits per heavy atom. The second-order valence-electron chi connectivity index (χ2n) is 3.69. The zero-order valence-electron chi connectivity index (χ0n) is 10.2. The molecule has 5 heteroatoms. The number of nitrogens with zero attached hydrogens (tertiary/aromatic N) is 1. The van der Waals surface area contributed by atoms with E-state index in [1.54, 1.807) is 20.9 Å². The molecule has 2 amide bonds. The van der Waals surface area contributed by atoms with Crippen molar-refractivity contribution >= 4 is 12.0 Å². The van der Waals surface area contributed by atoms with Crippen molar-refractivity contribution < 1.29 is 14.3 Å². The Morgan fingerprint density at radius 3 is 2.62 bits per heavy atom. The minimum atomic E-state index is -0.348. The number of urea groups is 1. The standard InChI is InChI=1S/C11H18N2O3/c1-5-8-9(10(14)16-6-2)7(3)13(4)11(15)12-8/h8H,5-6H2,1-4H3,(H,12,15). The normalized spacial score (nSPS) is 20.9. The third-order valence-electron chi connectivity index (χ3n) is 2.75. The van der Waals surface area contributed by atoms with Gasteiger partial charge in [-0.1, -0.05) is 6.92 Å². The minimum Gasteiger partial charge on any atom is -0.463 e. The number of amides is 2. The Bertz CT molecular complexity index is 336. The first-order valence-electron chi connectivity index (χ1n) is 5.45. The van der Waals surface area contributed by atoms with Gasteiger partial charge in [-0.25, -0.2) is 9.59 Å². The highest BCUT2D eigenvalue weighted by Crippen LogP contribution is 2.21. The van der Waals surface area contributed by atoms with Gasteiger partial charge < -0.3 is 15.0 Å². The predicted octanol–water partition coefficient (Wildman–Crippen LogP) is 1.26. The van der Waals surface area contributed by atoms with Crippen molar-refractivity contribution in [1.82, 2.24) is 10.2 Å². The smallest absolute Gasteiger partial charge is 0.337 e. The summed E-state index contributed by atoms with van der Waals surface area (Å²) in [7, 11) is 1.63. The highest BCUT2D eigenvalue weighted by Gasteiger charge is 2.32. The van der Waals surface area contributed by atoms with E-state index in [1.807, 2.05) is 6.92 Å². The average Bonchev–Trinajstić information content (AvgIpc) is 2.25. The van der Waals surface area contributed by atoms with Crippen LogP contribution in [0.5, 0.6) is 0 Å². The van der Waals surface area contributed by atoms with Crippen LogP contribution in [-0.4, -0.2) is 36.6 Å². The number of ether oxygens (including phenoxy) is 1. The van der Waals surface area contributed by atoms with Gasteiger partial charge in [0.2, 0.25) is 0 Å². The monoisotopic (exact) mass is 226 g/mol. The Balaban J connectivity index is 3.07. The van der Waals surface area contributed by atoms with Crippen LogP contribution >= 0.6 is 0 Å². The van der Waals surface area contributed by atoms with Crippen LogP contribution in [-0.2, 0) is 9.53 Å². The van der Waals surface area contributed by atoms with E-state index in [-0.39, 0.29) is 18.0 Å². The van der Waals surface area contributed by atoms with Crippen LogP contribution in [0.2, 0.25) is 0 Å². The van der Waals surface area contributed by atoms with Crippen molar-refractivity contribution in [2.24, 2.45) is 0 Å². The van der Waals surface area contributed by atoms with Crippen molar-refractivity contribution in [2.45, 2.75) is 33.2 Å². The van der Waals surface area contributed by atoms with Crippen molar-refractivity contribution in [3.8, 4) is 0 Å². The lowest BCUT2D eigenvalue weighted by atomic mass is 10.0. The van der Waals surface area contributed by atoms with E-state index in [4.69, 9.17) is 4.74 Å². The Labute approximate surface area is 95.4 Å². The fourth-order valence-electron chi connectivity index (χ4n) is 1.71. The van der Waals surface area contributed by atoms with Gasteiger partial charge >= 0.3 is 12.0 Å². The molecule has 1 atom stereocenters. The van der Waals surface area contributed by atoms with Crippen molar-refractivity contribution in [3.63, 3.8) is 0 Å². The number of rotatable bonds is 3. The molecule has 1 rings (SSSR count). The largest absolute Gasteiger partial charge is 0.463 e. The number of esters is 1. The van der Waals surface area contributed by atoms with E-state index < -0.39 is 0 Å². The lowest BCUT2D eigenvalue weighted by molar-refractivity contribution is -0.139. The topological polar surface area (TPSA) is 58.6 Å². The number of hydrogen-bond donors (Lipinski definition) is 1. The summed E-state index contributed by atoms with van der Waals surface area (Å²) in [5, 5.41) is 2.76. The van der Waals surface area contributed by atoms with Gasteiger partial charge in [0.15, 0.2) is 0 Å². The van der Waals surface area contributed by atoms with Crippen LogP contribution in [0.25, 0.3) is 0 Å². The maximum atomic E-state index is 11.8. The maximum absolute atomic E-state index is 11.8. The average molecular weight is 226 g/mol. The molecule has 0 aliphatic carbocycles. The third kappa shape index (κ3) is 2.18. The number of carbonyl (C=O) groups is 2. The first-order chi connectivity index (χ1) is 7.52. The van der Waals surface area contributed by atoms with E-state index in [1.165, 1.54) is 4.90 Å². The molecule has 0 fully saturated rings. The SMILES string of the molecule is CCOC(=O)C1=C(C)N(C)C(=O)NC1CC. The predicted molar refractivity (Wildman–Crippen MR) is 59.7 cm³/mol. The van der Waals surface area contributed by atoms with Gasteiger partial charge in [0.05, 0.1) is 18.2 Å². The molecule has 90 valence electrons. The van der Waals surface area contributed by atoms with Crippen molar-refractivity contribution in [2.75, 3.05) is 13.7 Å². The summed E-state index contributed by atoms with van der Waals surface area (Å²) in [5.74, 6) is -0.348. The van der Waals surface area contributed by atoms with Crippen LogP contribution in [0.1, 0.15) is 27.2 Å². The lowest BCUT2D eigenvalue weighted by Crippen LogP contribution is -2.50. The Kier molecular flexibility index (Phi) is 3.93. The highest BCUT2D eigenvalue weighted by molar-refractivity contribution is 5.94. The fourth-order valence-corrected chi connectivity index (χ4v) is 1.71.